The molecule has 2 aromatic heterocycles. The number of anilines is 1. The Balaban J connectivity index is 1.44. The van der Waals surface area contributed by atoms with Gasteiger partial charge in [0.15, 0.2) is 0 Å². The summed E-state index contributed by atoms with van der Waals surface area (Å²) in [5.74, 6) is -3.69. The summed E-state index contributed by atoms with van der Waals surface area (Å²) in [6.07, 6.45) is 1.17. The minimum Gasteiger partial charge on any atom is -0.506 e. The molecule has 2 N–H and O–H groups in total. The fourth-order valence-electron chi connectivity index (χ4n) is 4.41. The van der Waals surface area contributed by atoms with Crippen molar-refractivity contribution in [2.75, 3.05) is 25.5 Å². The number of nitrogens with one attached hydrogen (secondary N) is 1. The molecule has 1 saturated heterocycles. The Morgan fingerprint density at radius 2 is 2.03 bits per heavy atom. The standard InChI is InChI=1S/C21H23F3N4OS/c1-11-3-14(15-7-21(15,23)24)20(17(29)4-11)28-10-18-16(26-28)6-19(30-18)25-13-5-12(22)8-27(2)9-13/h3-4,6,10,12-13,15,25,29H,5,7-9H2,1-2H3/t12-,13-,15?/m1/s1. The number of benzene rings is 1. The lowest BCUT2D eigenvalue weighted by molar-refractivity contribution is 0.112. The molecular formula is C21H23F3N4OS. The van der Waals surface area contributed by atoms with Crippen LogP contribution in [-0.2, 0) is 0 Å². The van der Waals surface area contributed by atoms with Crippen LogP contribution in [0.5, 0.6) is 5.75 Å². The maximum Gasteiger partial charge on any atom is 0.256 e. The lowest BCUT2D eigenvalue weighted by Gasteiger charge is -2.32. The van der Waals surface area contributed by atoms with Crippen molar-refractivity contribution in [3.8, 4) is 11.4 Å². The van der Waals surface area contributed by atoms with E-state index in [4.69, 9.17) is 0 Å². The highest BCUT2D eigenvalue weighted by molar-refractivity contribution is 7.22. The number of likely N-dealkylation sites (N-methyl/N-ethyl adjacent to an activating group) is 1. The SMILES string of the molecule is Cc1cc(O)c(-n2cc3sc(N[C@@H]4C[C@@H](F)CN(C)C4)cc3n2)c(C2CC2(F)F)c1. The summed E-state index contributed by atoms with van der Waals surface area (Å²) in [5, 5.41) is 19.3. The van der Waals surface area contributed by atoms with Gasteiger partial charge >= 0.3 is 0 Å². The van der Waals surface area contributed by atoms with Crippen molar-refractivity contribution in [3.05, 3.63) is 35.5 Å². The molecule has 5 nitrogen and oxygen atoms in total. The molecule has 3 heterocycles. The van der Waals surface area contributed by atoms with Crippen LogP contribution in [0.1, 0.15) is 29.9 Å². The van der Waals surface area contributed by atoms with Gasteiger partial charge in [-0.25, -0.2) is 17.9 Å². The van der Waals surface area contributed by atoms with Crippen LogP contribution in [-0.4, -0.2) is 58.1 Å². The van der Waals surface area contributed by atoms with Crippen molar-refractivity contribution in [2.24, 2.45) is 0 Å². The molecule has 1 unspecified atom stereocenters. The number of phenolic OH excluding ortho intramolecular Hbond substituents is 1. The van der Waals surface area contributed by atoms with E-state index in [1.165, 1.54) is 16.0 Å². The van der Waals surface area contributed by atoms with E-state index in [0.29, 0.717) is 29.7 Å². The number of fused-ring (bicyclic) bond motifs is 1. The molecule has 9 heteroatoms. The number of piperidine rings is 1. The second-order valence-corrected chi connectivity index (χ2v) is 9.65. The molecule has 2 fully saturated rings. The number of thiophene rings is 1. The molecule has 0 radical (unpaired) electrons. The number of alkyl halides is 3. The summed E-state index contributed by atoms with van der Waals surface area (Å²) in [6.45, 7) is 3.00. The van der Waals surface area contributed by atoms with Crippen molar-refractivity contribution in [1.82, 2.24) is 14.7 Å². The van der Waals surface area contributed by atoms with Crippen LogP contribution in [0.3, 0.4) is 0 Å². The average molecular weight is 437 g/mol. The van der Waals surface area contributed by atoms with Gasteiger partial charge in [-0.2, -0.15) is 5.10 Å². The van der Waals surface area contributed by atoms with Crippen molar-refractivity contribution in [1.29, 1.82) is 0 Å². The first-order valence-corrected chi connectivity index (χ1v) is 10.8. The van der Waals surface area contributed by atoms with Crippen LogP contribution in [0.2, 0.25) is 0 Å². The van der Waals surface area contributed by atoms with Crippen LogP contribution >= 0.6 is 11.3 Å². The molecule has 5 rings (SSSR count). The third kappa shape index (κ3) is 3.54. The maximum absolute atomic E-state index is 13.8. The van der Waals surface area contributed by atoms with Gasteiger partial charge < -0.3 is 15.3 Å². The van der Waals surface area contributed by atoms with Crippen LogP contribution in [0.15, 0.2) is 24.4 Å². The Hall–Kier alpha value is -2.26. The van der Waals surface area contributed by atoms with Crippen LogP contribution in [0.25, 0.3) is 15.9 Å². The molecule has 160 valence electrons. The first-order valence-electron chi connectivity index (χ1n) is 9.99. The molecule has 1 aromatic carbocycles. The summed E-state index contributed by atoms with van der Waals surface area (Å²) in [5.41, 5.74) is 2.18. The fourth-order valence-corrected chi connectivity index (χ4v) is 5.40. The number of hydrogen-bond donors (Lipinski definition) is 2. The van der Waals surface area contributed by atoms with E-state index in [-0.39, 0.29) is 18.2 Å². The van der Waals surface area contributed by atoms with E-state index in [0.717, 1.165) is 21.8 Å². The number of aromatic nitrogens is 2. The topological polar surface area (TPSA) is 53.3 Å². The summed E-state index contributed by atoms with van der Waals surface area (Å²) < 4.78 is 43.7. The summed E-state index contributed by atoms with van der Waals surface area (Å²) >= 11 is 1.48. The molecular weight excluding hydrogens is 413 g/mol. The minimum atomic E-state index is -2.74. The highest BCUT2D eigenvalue weighted by Crippen LogP contribution is 2.57. The number of halogens is 3. The predicted octanol–water partition coefficient (Wildman–Crippen LogP) is 4.68. The monoisotopic (exact) mass is 436 g/mol. The maximum atomic E-state index is 13.8. The third-order valence-corrected chi connectivity index (χ3v) is 6.81. The molecule has 1 aliphatic carbocycles. The van der Waals surface area contributed by atoms with Crippen molar-refractivity contribution in [2.45, 2.75) is 43.8 Å². The number of aromatic hydroxyl groups is 1. The number of nitrogens with zero attached hydrogens (tertiary/aromatic N) is 3. The summed E-state index contributed by atoms with van der Waals surface area (Å²) in [6, 6.07) is 5.18. The van der Waals surface area contributed by atoms with Gasteiger partial charge in [0.2, 0.25) is 0 Å². The Morgan fingerprint density at radius 3 is 2.70 bits per heavy atom. The van der Waals surface area contributed by atoms with Gasteiger partial charge in [-0.1, -0.05) is 6.07 Å². The Labute approximate surface area is 176 Å². The molecule has 0 amide bonds. The minimum absolute atomic E-state index is 0.0264. The van der Waals surface area contributed by atoms with Crippen molar-refractivity contribution < 1.29 is 18.3 Å². The normalized spacial score (nSPS) is 26.2. The van der Waals surface area contributed by atoms with Crippen LogP contribution in [0.4, 0.5) is 18.2 Å². The molecule has 2 aliphatic rings. The largest absolute Gasteiger partial charge is 0.506 e. The van der Waals surface area contributed by atoms with Crippen molar-refractivity contribution in [3.63, 3.8) is 0 Å². The highest BCUT2D eigenvalue weighted by atomic mass is 32.1. The Kier molecular flexibility index (Phi) is 4.52. The Bertz CT molecular complexity index is 1070. The van der Waals surface area contributed by atoms with Gasteiger partial charge in [0.25, 0.3) is 5.92 Å². The van der Waals surface area contributed by atoms with E-state index in [1.54, 1.807) is 25.3 Å². The van der Waals surface area contributed by atoms with E-state index >= 15 is 0 Å². The molecule has 0 bridgehead atoms. The van der Waals surface area contributed by atoms with Gasteiger partial charge in [0, 0.05) is 44.2 Å². The quantitative estimate of drug-likeness (QED) is 0.624. The van der Waals surface area contributed by atoms with Crippen LogP contribution < -0.4 is 5.32 Å². The average Bonchev–Trinajstić information content (AvgIpc) is 2.91. The lowest BCUT2D eigenvalue weighted by atomic mass is 10.0. The predicted molar refractivity (Wildman–Crippen MR) is 112 cm³/mol. The second kappa shape index (κ2) is 6.88. The Morgan fingerprint density at radius 1 is 1.27 bits per heavy atom. The number of phenols is 1. The molecule has 30 heavy (non-hydrogen) atoms. The number of rotatable bonds is 4. The smallest absolute Gasteiger partial charge is 0.256 e. The number of likely N-dealkylation sites (tertiary alicyclic amines) is 1. The first kappa shape index (κ1) is 19.7. The number of hydrogen-bond acceptors (Lipinski definition) is 5. The molecule has 1 saturated carbocycles. The second-order valence-electron chi connectivity index (χ2n) is 8.57. The van der Waals surface area contributed by atoms with Gasteiger partial charge in [0.05, 0.1) is 15.6 Å². The van der Waals surface area contributed by atoms with Gasteiger partial charge in [-0.05, 0) is 31.2 Å². The molecule has 3 atom stereocenters. The fraction of sp³-hybridized carbons (Fsp3) is 0.476. The van der Waals surface area contributed by atoms with E-state index in [9.17, 15) is 18.3 Å². The van der Waals surface area contributed by atoms with E-state index in [2.05, 4.69) is 10.4 Å². The highest BCUT2D eigenvalue weighted by Gasteiger charge is 2.58. The van der Waals surface area contributed by atoms with Gasteiger partial charge in [0.1, 0.15) is 23.1 Å². The zero-order valence-electron chi connectivity index (χ0n) is 16.7. The molecule has 0 spiro atoms. The first-order chi connectivity index (χ1) is 14.2. The third-order valence-electron chi connectivity index (χ3n) is 5.82. The summed E-state index contributed by atoms with van der Waals surface area (Å²) in [4.78, 5) is 1.97. The zero-order chi connectivity index (χ0) is 21.2. The van der Waals surface area contributed by atoms with Crippen molar-refractivity contribution >= 4 is 26.6 Å². The van der Waals surface area contributed by atoms with Crippen LogP contribution in [0, 0.1) is 6.92 Å². The number of aryl methyl sites for hydroxylation is 1. The van der Waals surface area contributed by atoms with E-state index < -0.39 is 18.0 Å². The molecule has 3 aromatic rings. The van der Waals surface area contributed by atoms with Gasteiger partial charge in [-0.15, -0.1) is 11.3 Å². The molecule has 1 aliphatic heterocycles. The van der Waals surface area contributed by atoms with E-state index in [1.807, 2.05) is 18.0 Å². The van der Waals surface area contributed by atoms with Gasteiger partial charge in [-0.3, -0.25) is 0 Å². The zero-order valence-corrected chi connectivity index (χ0v) is 17.5. The lowest BCUT2D eigenvalue weighted by Crippen LogP contribution is -2.45. The summed E-state index contributed by atoms with van der Waals surface area (Å²) in [7, 11) is 1.91.